The Hall–Kier alpha value is -3.97. The minimum absolute atomic E-state index is 0.244. The number of nitrogens with one attached hydrogen (secondary N) is 2. The molecule has 0 unspecified atom stereocenters. The van der Waals surface area contributed by atoms with Gasteiger partial charge < -0.3 is 30.4 Å². The first-order valence-corrected chi connectivity index (χ1v) is 10.6. The fourth-order valence-corrected chi connectivity index (χ4v) is 3.04. The van der Waals surface area contributed by atoms with E-state index in [1.807, 2.05) is 62.6 Å². The van der Waals surface area contributed by atoms with Gasteiger partial charge in [0.25, 0.3) is 5.91 Å². The first-order valence-electron chi connectivity index (χ1n) is 10.6. The predicted molar refractivity (Wildman–Crippen MR) is 132 cm³/mol. The number of benzene rings is 2. The first-order chi connectivity index (χ1) is 15.8. The number of H-pyrrole nitrogens is 1. The van der Waals surface area contributed by atoms with Crippen molar-refractivity contribution in [1.82, 2.24) is 15.2 Å². The van der Waals surface area contributed by atoms with E-state index in [1.54, 1.807) is 12.1 Å². The molecular weight excluding hydrogens is 416 g/mol. The van der Waals surface area contributed by atoms with Gasteiger partial charge in [0.1, 0.15) is 30.4 Å². The van der Waals surface area contributed by atoms with Crippen molar-refractivity contribution < 1.29 is 14.3 Å². The van der Waals surface area contributed by atoms with E-state index in [2.05, 4.69) is 28.4 Å². The second kappa shape index (κ2) is 11.1. The lowest BCUT2D eigenvalue weighted by molar-refractivity contribution is 0.0963. The molecule has 3 aromatic rings. The number of ether oxygens (including phenoxy) is 2. The largest absolute Gasteiger partial charge is 0.492 e. The SMILES string of the molecule is C=C(/C=C(/OCc1ccccc1)C(=C)N)NC(=O)c1cc2cc(OCCN(C)C)ccc2[nH]1. The van der Waals surface area contributed by atoms with Crippen LogP contribution in [0.3, 0.4) is 0 Å². The quantitative estimate of drug-likeness (QED) is 0.307. The van der Waals surface area contributed by atoms with Crippen molar-refractivity contribution >= 4 is 16.8 Å². The van der Waals surface area contributed by atoms with Gasteiger partial charge in [-0.05, 0) is 43.9 Å². The predicted octanol–water partition coefficient (Wildman–Crippen LogP) is 3.92. The summed E-state index contributed by atoms with van der Waals surface area (Å²) in [5.41, 5.74) is 8.65. The Kier molecular flexibility index (Phi) is 7.94. The average molecular weight is 447 g/mol. The summed E-state index contributed by atoms with van der Waals surface area (Å²) in [6.07, 6.45) is 1.56. The molecule has 0 bridgehead atoms. The van der Waals surface area contributed by atoms with Crippen molar-refractivity contribution in [2.75, 3.05) is 27.2 Å². The minimum Gasteiger partial charge on any atom is -0.492 e. The van der Waals surface area contributed by atoms with Gasteiger partial charge in [-0.3, -0.25) is 4.79 Å². The number of carbonyl (C=O) groups is 1. The number of hydrogen-bond acceptors (Lipinski definition) is 5. The minimum atomic E-state index is -0.326. The summed E-state index contributed by atoms with van der Waals surface area (Å²) >= 11 is 0. The molecule has 0 saturated heterocycles. The van der Waals surface area contributed by atoms with Crippen LogP contribution in [0.4, 0.5) is 0 Å². The topological polar surface area (TPSA) is 92.6 Å². The van der Waals surface area contributed by atoms with E-state index in [-0.39, 0.29) is 11.6 Å². The summed E-state index contributed by atoms with van der Waals surface area (Å²) in [7, 11) is 3.99. The molecule has 1 aromatic heterocycles. The molecule has 0 atom stereocenters. The summed E-state index contributed by atoms with van der Waals surface area (Å²) < 4.78 is 11.5. The van der Waals surface area contributed by atoms with E-state index in [9.17, 15) is 4.79 Å². The lowest BCUT2D eigenvalue weighted by atomic mass is 10.2. The number of likely N-dealkylation sites (N-methyl/N-ethyl adjacent to an activating group) is 1. The van der Waals surface area contributed by atoms with E-state index in [0.717, 1.165) is 28.8 Å². The molecule has 4 N–H and O–H groups in total. The standard InChI is InChI=1S/C26H30N4O3/c1-18(14-25(19(2)27)33-17-20-8-6-5-7-9-20)28-26(31)24-16-21-15-22(10-11-23(21)29-24)32-13-12-30(3)4/h5-11,14-16,29H,1-2,12-13,17,27H2,3-4H3,(H,28,31)/b25-14+. The highest BCUT2D eigenvalue weighted by Crippen LogP contribution is 2.22. The van der Waals surface area contributed by atoms with Crippen molar-refractivity contribution in [3.63, 3.8) is 0 Å². The molecule has 0 aliphatic rings. The zero-order valence-corrected chi connectivity index (χ0v) is 19.1. The van der Waals surface area contributed by atoms with Crippen LogP contribution in [-0.4, -0.2) is 43.0 Å². The van der Waals surface area contributed by atoms with Crippen LogP contribution in [0, 0.1) is 0 Å². The van der Waals surface area contributed by atoms with Crippen LogP contribution in [0.1, 0.15) is 16.1 Å². The van der Waals surface area contributed by atoms with Crippen LogP contribution in [0.25, 0.3) is 10.9 Å². The Morgan fingerprint density at radius 1 is 1.15 bits per heavy atom. The molecule has 1 heterocycles. The van der Waals surface area contributed by atoms with Crippen LogP contribution in [-0.2, 0) is 11.3 Å². The zero-order chi connectivity index (χ0) is 23.8. The van der Waals surface area contributed by atoms with Crippen LogP contribution < -0.4 is 15.8 Å². The average Bonchev–Trinajstić information content (AvgIpc) is 3.20. The molecule has 1 amide bonds. The summed E-state index contributed by atoms with van der Waals surface area (Å²) in [5.74, 6) is 0.775. The van der Waals surface area contributed by atoms with Gasteiger partial charge in [0.2, 0.25) is 0 Å². The maximum absolute atomic E-state index is 12.7. The van der Waals surface area contributed by atoms with Gasteiger partial charge in [-0.2, -0.15) is 0 Å². The highest BCUT2D eigenvalue weighted by atomic mass is 16.5. The molecule has 172 valence electrons. The number of nitrogens with two attached hydrogens (primary N) is 1. The molecule has 33 heavy (non-hydrogen) atoms. The summed E-state index contributed by atoms with van der Waals surface area (Å²) in [6.45, 7) is 9.36. The van der Waals surface area contributed by atoms with Crippen molar-refractivity contribution in [2.45, 2.75) is 6.61 Å². The van der Waals surface area contributed by atoms with Gasteiger partial charge in [-0.1, -0.05) is 43.5 Å². The third-order valence-electron chi connectivity index (χ3n) is 4.78. The molecule has 3 rings (SSSR count). The smallest absolute Gasteiger partial charge is 0.272 e. The van der Waals surface area contributed by atoms with Crippen molar-refractivity contribution in [3.05, 3.63) is 102 Å². The van der Waals surface area contributed by atoms with Crippen molar-refractivity contribution in [3.8, 4) is 5.75 Å². The van der Waals surface area contributed by atoms with Gasteiger partial charge in [-0.15, -0.1) is 0 Å². The molecule has 0 spiro atoms. The fourth-order valence-electron chi connectivity index (χ4n) is 3.04. The molecular formula is C26H30N4O3. The monoisotopic (exact) mass is 446 g/mol. The lowest BCUT2D eigenvalue weighted by Gasteiger charge is -2.11. The maximum atomic E-state index is 12.7. The highest BCUT2D eigenvalue weighted by molar-refractivity contribution is 5.99. The van der Waals surface area contributed by atoms with Gasteiger partial charge in [0.15, 0.2) is 0 Å². The van der Waals surface area contributed by atoms with E-state index >= 15 is 0 Å². The lowest BCUT2D eigenvalue weighted by Crippen LogP contribution is -2.22. The third kappa shape index (κ3) is 7.02. The second-order valence-electron chi connectivity index (χ2n) is 7.87. The van der Waals surface area contributed by atoms with Crippen LogP contribution in [0.15, 0.2) is 91.0 Å². The maximum Gasteiger partial charge on any atom is 0.272 e. The Labute approximate surface area is 194 Å². The number of allylic oxidation sites excluding steroid dienone is 1. The Bertz CT molecular complexity index is 1160. The number of hydrogen-bond donors (Lipinski definition) is 3. The van der Waals surface area contributed by atoms with Crippen molar-refractivity contribution in [2.24, 2.45) is 5.73 Å². The first kappa shape index (κ1) is 23.7. The summed E-state index contributed by atoms with van der Waals surface area (Å²) in [5, 5.41) is 3.63. The van der Waals surface area contributed by atoms with Crippen LogP contribution >= 0.6 is 0 Å². The number of aromatic nitrogens is 1. The number of carbonyl (C=O) groups excluding carboxylic acids is 1. The molecule has 7 nitrogen and oxygen atoms in total. The van der Waals surface area contributed by atoms with E-state index in [1.165, 1.54) is 0 Å². The Morgan fingerprint density at radius 3 is 2.61 bits per heavy atom. The summed E-state index contributed by atoms with van der Waals surface area (Å²) in [6, 6.07) is 17.1. The molecule has 7 heteroatoms. The molecule has 0 aliphatic heterocycles. The Balaban J connectivity index is 1.63. The number of aromatic amines is 1. The van der Waals surface area contributed by atoms with Gasteiger partial charge >= 0.3 is 0 Å². The van der Waals surface area contributed by atoms with Crippen LogP contribution in [0.2, 0.25) is 0 Å². The van der Waals surface area contributed by atoms with E-state index in [0.29, 0.717) is 30.4 Å². The van der Waals surface area contributed by atoms with E-state index < -0.39 is 0 Å². The fraction of sp³-hybridized carbons (Fsp3) is 0.192. The molecule has 2 aromatic carbocycles. The van der Waals surface area contributed by atoms with Gasteiger partial charge in [0, 0.05) is 29.2 Å². The molecule has 0 saturated carbocycles. The number of nitrogens with zero attached hydrogens (tertiary/aromatic N) is 1. The van der Waals surface area contributed by atoms with Crippen LogP contribution in [0.5, 0.6) is 5.75 Å². The van der Waals surface area contributed by atoms with Crippen molar-refractivity contribution in [1.29, 1.82) is 0 Å². The Morgan fingerprint density at radius 2 is 1.91 bits per heavy atom. The molecule has 0 fully saturated rings. The zero-order valence-electron chi connectivity index (χ0n) is 19.1. The normalized spacial score (nSPS) is 11.4. The highest BCUT2D eigenvalue weighted by Gasteiger charge is 2.12. The summed E-state index contributed by atoms with van der Waals surface area (Å²) in [4.78, 5) is 17.9. The van der Waals surface area contributed by atoms with E-state index in [4.69, 9.17) is 15.2 Å². The second-order valence-corrected chi connectivity index (χ2v) is 7.87. The van der Waals surface area contributed by atoms with Gasteiger partial charge in [-0.25, -0.2) is 0 Å². The number of amides is 1. The number of rotatable bonds is 11. The molecule has 0 aliphatic carbocycles. The number of fused-ring (bicyclic) bond motifs is 1. The molecule has 0 radical (unpaired) electrons. The van der Waals surface area contributed by atoms with Gasteiger partial charge in [0.05, 0.1) is 5.70 Å². The third-order valence-corrected chi connectivity index (χ3v) is 4.78.